The van der Waals surface area contributed by atoms with Gasteiger partial charge in [0.2, 0.25) is 0 Å². The van der Waals surface area contributed by atoms with Crippen LogP contribution >= 0.6 is 27.5 Å². The van der Waals surface area contributed by atoms with Gasteiger partial charge in [0.05, 0.1) is 23.9 Å². The number of carbonyl (C=O) groups excluding carboxylic acids is 3. The number of aryl methyl sites for hydroxylation is 1. The summed E-state index contributed by atoms with van der Waals surface area (Å²) in [6, 6.07) is 7.53. The van der Waals surface area contributed by atoms with E-state index >= 15 is 0 Å². The highest BCUT2D eigenvalue weighted by Crippen LogP contribution is 2.38. The summed E-state index contributed by atoms with van der Waals surface area (Å²) >= 11 is 9.75. The van der Waals surface area contributed by atoms with Crippen LogP contribution in [0.1, 0.15) is 31.4 Å². The van der Waals surface area contributed by atoms with Gasteiger partial charge in [-0.25, -0.2) is 9.69 Å². The number of barbiturate groups is 1. The van der Waals surface area contributed by atoms with E-state index in [2.05, 4.69) is 21.2 Å². The molecule has 0 spiro atoms. The lowest BCUT2D eigenvalue weighted by Gasteiger charge is -2.27. The van der Waals surface area contributed by atoms with Crippen LogP contribution in [-0.4, -0.2) is 31.1 Å². The summed E-state index contributed by atoms with van der Waals surface area (Å²) in [7, 11) is 0. The van der Waals surface area contributed by atoms with E-state index in [-0.39, 0.29) is 10.6 Å². The standard InChI is InChI=1S/C23H22BrClN2O5/c1-4-8-32-20-17(25)11-14(12-19(20)31-5-2)10-16-21(28)26-23(30)27(22(16)29)18-7-6-15(24)9-13(18)3/h6-7,9-12H,4-5,8H2,1-3H3,(H,26,28,30)/b16-10-. The number of benzene rings is 2. The molecule has 0 aliphatic carbocycles. The number of rotatable bonds is 7. The van der Waals surface area contributed by atoms with Crippen molar-refractivity contribution in [3.63, 3.8) is 0 Å². The molecule has 2 aromatic rings. The second-order valence-electron chi connectivity index (χ2n) is 7.00. The number of halogens is 2. The van der Waals surface area contributed by atoms with E-state index in [4.69, 9.17) is 21.1 Å². The Morgan fingerprint density at radius 3 is 2.53 bits per heavy atom. The second kappa shape index (κ2) is 10.2. The number of amides is 4. The van der Waals surface area contributed by atoms with E-state index in [1.165, 1.54) is 6.08 Å². The summed E-state index contributed by atoms with van der Waals surface area (Å²) < 4.78 is 12.1. The molecule has 3 rings (SSSR count). The summed E-state index contributed by atoms with van der Waals surface area (Å²) in [5.74, 6) is -0.712. The van der Waals surface area contributed by atoms with Crippen LogP contribution in [-0.2, 0) is 9.59 Å². The normalized spacial score (nSPS) is 15.2. The van der Waals surface area contributed by atoms with Crippen molar-refractivity contribution in [3.8, 4) is 11.5 Å². The molecular weight excluding hydrogens is 500 g/mol. The van der Waals surface area contributed by atoms with E-state index in [9.17, 15) is 14.4 Å². The van der Waals surface area contributed by atoms with Crippen molar-refractivity contribution in [1.82, 2.24) is 5.32 Å². The van der Waals surface area contributed by atoms with Gasteiger partial charge < -0.3 is 9.47 Å². The number of hydrogen-bond acceptors (Lipinski definition) is 5. The van der Waals surface area contributed by atoms with Crippen LogP contribution in [0.2, 0.25) is 5.02 Å². The first-order valence-electron chi connectivity index (χ1n) is 10.0. The first kappa shape index (κ1) is 23.8. The zero-order valence-corrected chi connectivity index (χ0v) is 20.2. The summed E-state index contributed by atoms with van der Waals surface area (Å²) in [6.45, 7) is 6.41. The van der Waals surface area contributed by atoms with Gasteiger partial charge >= 0.3 is 6.03 Å². The van der Waals surface area contributed by atoms with Crippen LogP contribution < -0.4 is 19.7 Å². The Hall–Kier alpha value is -2.84. The van der Waals surface area contributed by atoms with E-state index in [1.54, 1.807) is 37.3 Å². The van der Waals surface area contributed by atoms with Crippen molar-refractivity contribution in [2.45, 2.75) is 27.2 Å². The molecule has 1 aliphatic rings. The molecule has 1 heterocycles. The van der Waals surface area contributed by atoms with Gasteiger partial charge in [-0.05, 0) is 67.8 Å². The Kier molecular flexibility index (Phi) is 7.58. The first-order chi connectivity index (χ1) is 15.3. The highest BCUT2D eigenvalue weighted by Gasteiger charge is 2.37. The fraction of sp³-hybridized carbons (Fsp3) is 0.261. The summed E-state index contributed by atoms with van der Waals surface area (Å²) in [4.78, 5) is 39.1. The lowest BCUT2D eigenvalue weighted by Crippen LogP contribution is -2.54. The maximum absolute atomic E-state index is 13.2. The van der Waals surface area contributed by atoms with Crippen molar-refractivity contribution in [2.75, 3.05) is 18.1 Å². The van der Waals surface area contributed by atoms with Crippen LogP contribution in [0.5, 0.6) is 11.5 Å². The summed E-state index contributed by atoms with van der Waals surface area (Å²) in [6.07, 6.45) is 2.17. The smallest absolute Gasteiger partial charge is 0.335 e. The van der Waals surface area contributed by atoms with Crippen molar-refractivity contribution >= 4 is 57.1 Å². The quantitative estimate of drug-likeness (QED) is 0.397. The average molecular weight is 522 g/mol. The fourth-order valence-electron chi connectivity index (χ4n) is 3.19. The Morgan fingerprint density at radius 2 is 1.88 bits per heavy atom. The maximum atomic E-state index is 13.2. The molecule has 32 heavy (non-hydrogen) atoms. The van der Waals surface area contributed by atoms with Gasteiger partial charge in [0.1, 0.15) is 5.57 Å². The third-order valence-corrected chi connectivity index (χ3v) is 5.37. The summed E-state index contributed by atoms with van der Waals surface area (Å²) in [5.41, 5.74) is 1.33. The zero-order valence-electron chi connectivity index (χ0n) is 17.8. The highest BCUT2D eigenvalue weighted by atomic mass is 79.9. The molecule has 168 valence electrons. The largest absolute Gasteiger partial charge is 0.490 e. The van der Waals surface area contributed by atoms with Crippen molar-refractivity contribution in [2.24, 2.45) is 0 Å². The predicted octanol–water partition coefficient (Wildman–Crippen LogP) is 5.26. The zero-order chi connectivity index (χ0) is 23.4. The molecule has 0 atom stereocenters. The molecule has 0 unspecified atom stereocenters. The van der Waals surface area contributed by atoms with Crippen LogP contribution in [0.15, 0.2) is 40.4 Å². The molecule has 1 fully saturated rings. The van der Waals surface area contributed by atoms with Crippen molar-refractivity contribution in [1.29, 1.82) is 0 Å². The number of nitrogens with one attached hydrogen (secondary N) is 1. The minimum absolute atomic E-state index is 0.201. The number of ether oxygens (including phenoxy) is 2. The van der Waals surface area contributed by atoms with Crippen LogP contribution in [0, 0.1) is 6.92 Å². The fourth-order valence-corrected chi connectivity index (χ4v) is 3.94. The molecule has 7 nitrogen and oxygen atoms in total. The van der Waals surface area contributed by atoms with Gasteiger partial charge in [0.15, 0.2) is 11.5 Å². The summed E-state index contributed by atoms with van der Waals surface area (Å²) in [5, 5.41) is 2.51. The molecule has 0 radical (unpaired) electrons. The van der Waals surface area contributed by atoms with E-state index in [0.717, 1.165) is 15.8 Å². The average Bonchev–Trinajstić information content (AvgIpc) is 2.72. The monoisotopic (exact) mass is 520 g/mol. The molecule has 1 aliphatic heterocycles. The van der Waals surface area contributed by atoms with Crippen LogP contribution in [0.3, 0.4) is 0 Å². The van der Waals surface area contributed by atoms with Gasteiger partial charge in [0.25, 0.3) is 11.8 Å². The van der Waals surface area contributed by atoms with E-state index < -0.39 is 17.8 Å². The van der Waals surface area contributed by atoms with Gasteiger partial charge in [-0.2, -0.15) is 0 Å². The number of carbonyl (C=O) groups is 3. The van der Waals surface area contributed by atoms with Crippen LogP contribution in [0.25, 0.3) is 6.08 Å². The molecule has 1 saturated heterocycles. The third kappa shape index (κ3) is 4.97. The molecular formula is C23H22BrClN2O5. The topological polar surface area (TPSA) is 84.9 Å². The van der Waals surface area contributed by atoms with Crippen molar-refractivity contribution < 1.29 is 23.9 Å². The Bertz CT molecular complexity index is 1120. The molecule has 1 N–H and O–H groups in total. The number of hydrogen-bond donors (Lipinski definition) is 1. The minimum atomic E-state index is -0.807. The Balaban J connectivity index is 2.03. The second-order valence-corrected chi connectivity index (χ2v) is 8.32. The van der Waals surface area contributed by atoms with E-state index in [1.807, 2.05) is 13.8 Å². The van der Waals surface area contributed by atoms with Gasteiger partial charge in [-0.1, -0.05) is 34.5 Å². The third-order valence-electron chi connectivity index (χ3n) is 4.59. The SMILES string of the molecule is CCCOc1c(Cl)cc(/C=C2/C(=O)NC(=O)N(c3ccc(Br)cc3C)C2=O)cc1OCC. The molecule has 9 heteroatoms. The van der Waals surface area contributed by atoms with Gasteiger partial charge in [-0.3, -0.25) is 14.9 Å². The molecule has 0 aromatic heterocycles. The molecule has 0 saturated carbocycles. The minimum Gasteiger partial charge on any atom is -0.490 e. The first-order valence-corrected chi connectivity index (χ1v) is 11.2. The van der Waals surface area contributed by atoms with Crippen LogP contribution in [0.4, 0.5) is 10.5 Å². The maximum Gasteiger partial charge on any atom is 0.335 e. The lowest BCUT2D eigenvalue weighted by atomic mass is 10.1. The molecule has 4 amide bonds. The molecule has 2 aromatic carbocycles. The highest BCUT2D eigenvalue weighted by molar-refractivity contribution is 9.10. The molecule has 0 bridgehead atoms. The van der Waals surface area contributed by atoms with E-state index in [0.29, 0.717) is 41.5 Å². The number of nitrogens with zero attached hydrogens (tertiary/aromatic N) is 1. The van der Waals surface area contributed by atoms with Gasteiger partial charge in [-0.15, -0.1) is 0 Å². The Morgan fingerprint density at radius 1 is 1.12 bits per heavy atom. The van der Waals surface area contributed by atoms with Crippen molar-refractivity contribution in [3.05, 3.63) is 56.5 Å². The Labute approximate surface area is 199 Å². The number of imide groups is 2. The number of anilines is 1. The number of urea groups is 1. The lowest BCUT2D eigenvalue weighted by molar-refractivity contribution is -0.122. The van der Waals surface area contributed by atoms with Gasteiger partial charge in [0, 0.05) is 4.47 Å². The predicted molar refractivity (Wildman–Crippen MR) is 126 cm³/mol.